The van der Waals surface area contributed by atoms with Crippen molar-refractivity contribution in [2.75, 3.05) is 7.11 Å². The second-order valence-corrected chi connectivity index (χ2v) is 5.41. The Morgan fingerprint density at radius 1 is 1.37 bits per heavy atom. The first-order chi connectivity index (χ1) is 8.88. The summed E-state index contributed by atoms with van der Waals surface area (Å²) in [5.74, 6) is -0.160. The molecule has 4 heteroatoms. The van der Waals surface area contributed by atoms with Crippen LogP contribution in [0.5, 0.6) is 5.75 Å². The predicted octanol–water partition coefficient (Wildman–Crippen LogP) is 2.38. The molecule has 0 radical (unpaired) electrons. The maximum Gasteiger partial charge on any atom is 0.306 e. The van der Waals surface area contributed by atoms with Gasteiger partial charge in [-0.15, -0.1) is 0 Å². The highest BCUT2D eigenvalue weighted by Crippen LogP contribution is 2.49. The number of hydrogen-bond acceptors (Lipinski definition) is 3. The molecule has 0 heterocycles. The van der Waals surface area contributed by atoms with Crippen LogP contribution in [0.25, 0.3) is 0 Å². The molecule has 1 atom stereocenters. The number of aliphatic carboxylic acids is 1. The molecule has 1 aromatic carbocycles. The maximum absolute atomic E-state index is 11.1. The van der Waals surface area contributed by atoms with E-state index < -0.39 is 11.6 Å². The molecular weight excluding hydrogens is 244 g/mol. The summed E-state index contributed by atoms with van der Waals surface area (Å²) in [6.07, 6.45) is 1.52. The fourth-order valence-corrected chi connectivity index (χ4v) is 2.73. The molecule has 2 rings (SSSR count). The first-order valence-electron chi connectivity index (χ1n) is 6.48. The van der Waals surface area contributed by atoms with Crippen molar-refractivity contribution in [2.24, 2.45) is 5.92 Å². The van der Waals surface area contributed by atoms with Crippen LogP contribution in [0.1, 0.15) is 36.0 Å². The van der Waals surface area contributed by atoms with Gasteiger partial charge in [-0.25, -0.2) is 0 Å². The van der Waals surface area contributed by atoms with E-state index >= 15 is 0 Å². The smallest absolute Gasteiger partial charge is 0.306 e. The second-order valence-electron chi connectivity index (χ2n) is 5.41. The van der Waals surface area contributed by atoms with Gasteiger partial charge in [-0.3, -0.25) is 4.79 Å². The fraction of sp³-hybridized carbons (Fsp3) is 0.533. The molecule has 0 spiro atoms. The summed E-state index contributed by atoms with van der Waals surface area (Å²) in [6, 6.07) is 3.72. The van der Waals surface area contributed by atoms with Gasteiger partial charge in [-0.05, 0) is 61.4 Å². The highest BCUT2D eigenvalue weighted by molar-refractivity contribution is 5.69. The van der Waals surface area contributed by atoms with Gasteiger partial charge in [0.25, 0.3) is 0 Å². The van der Waals surface area contributed by atoms with Gasteiger partial charge in [0.2, 0.25) is 0 Å². The zero-order chi connectivity index (χ0) is 14.2. The Hall–Kier alpha value is -1.55. The summed E-state index contributed by atoms with van der Waals surface area (Å²) in [7, 11) is 1.60. The largest absolute Gasteiger partial charge is 0.496 e. The fourth-order valence-electron chi connectivity index (χ4n) is 2.73. The zero-order valence-electron chi connectivity index (χ0n) is 11.6. The molecule has 1 aliphatic carbocycles. The van der Waals surface area contributed by atoms with Crippen molar-refractivity contribution in [1.29, 1.82) is 0 Å². The third-order valence-electron chi connectivity index (χ3n) is 3.88. The van der Waals surface area contributed by atoms with Crippen molar-refractivity contribution in [2.45, 2.75) is 38.7 Å². The molecule has 0 bridgehead atoms. The number of aliphatic hydroxyl groups is 1. The Balaban J connectivity index is 2.47. The monoisotopic (exact) mass is 264 g/mol. The van der Waals surface area contributed by atoms with Crippen LogP contribution >= 0.6 is 0 Å². The van der Waals surface area contributed by atoms with Crippen LogP contribution in [0.4, 0.5) is 0 Å². The Labute approximate surface area is 113 Å². The van der Waals surface area contributed by atoms with Gasteiger partial charge in [0.05, 0.1) is 13.5 Å². The van der Waals surface area contributed by atoms with Crippen molar-refractivity contribution in [3.8, 4) is 5.75 Å². The standard InChI is InChI=1S/C15H20O4/c1-9-7-13(19-3)10(2)6-12(9)15(18,8-14(16)17)11-4-5-11/h6-7,11,18H,4-5,8H2,1-3H3,(H,16,17). The SMILES string of the molecule is COc1cc(C)c(C(O)(CC(=O)O)C2CC2)cc1C. The van der Waals surface area contributed by atoms with Crippen LogP contribution in [-0.4, -0.2) is 23.3 Å². The van der Waals surface area contributed by atoms with Gasteiger partial charge in [0.1, 0.15) is 11.4 Å². The number of benzene rings is 1. The molecule has 0 amide bonds. The number of methoxy groups -OCH3 is 1. The first-order valence-corrected chi connectivity index (χ1v) is 6.48. The lowest BCUT2D eigenvalue weighted by atomic mass is 9.82. The second kappa shape index (κ2) is 4.85. The van der Waals surface area contributed by atoms with Crippen LogP contribution in [0.2, 0.25) is 0 Å². The molecule has 1 aromatic rings. The van der Waals surface area contributed by atoms with Gasteiger partial charge in [-0.1, -0.05) is 0 Å². The summed E-state index contributed by atoms with van der Waals surface area (Å²) in [5, 5.41) is 19.9. The summed E-state index contributed by atoms with van der Waals surface area (Å²) in [5.41, 5.74) is 1.24. The van der Waals surface area contributed by atoms with Crippen LogP contribution < -0.4 is 4.74 Å². The van der Waals surface area contributed by atoms with Crippen molar-refractivity contribution in [3.63, 3.8) is 0 Å². The summed E-state index contributed by atoms with van der Waals surface area (Å²) >= 11 is 0. The minimum atomic E-state index is -1.26. The Kier molecular flexibility index (Phi) is 3.54. The predicted molar refractivity (Wildman–Crippen MR) is 71.3 cm³/mol. The lowest BCUT2D eigenvalue weighted by molar-refractivity contribution is -0.144. The van der Waals surface area contributed by atoms with E-state index in [1.807, 2.05) is 26.0 Å². The van der Waals surface area contributed by atoms with E-state index in [4.69, 9.17) is 9.84 Å². The topological polar surface area (TPSA) is 66.8 Å². The molecule has 1 fully saturated rings. The zero-order valence-corrected chi connectivity index (χ0v) is 11.6. The van der Waals surface area contributed by atoms with Crippen molar-refractivity contribution >= 4 is 5.97 Å². The molecule has 0 aliphatic heterocycles. The third-order valence-corrected chi connectivity index (χ3v) is 3.88. The molecule has 2 N–H and O–H groups in total. The maximum atomic E-state index is 11.1. The van der Waals surface area contributed by atoms with Crippen LogP contribution in [0.15, 0.2) is 12.1 Å². The van der Waals surface area contributed by atoms with Crippen LogP contribution in [0.3, 0.4) is 0 Å². The lowest BCUT2D eigenvalue weighted by Crippen LogP contribution is -2.32. The molecule has 4 nitrogen and oxygen atoms in total. The summed E-state index contributed by atoms with van der Waals surface area (Å²) < 4.78 is 5.25. The van der Waals surface area contributed by atoms with Crippen molar-refractivity contribution in [1.82, 2.24) is 0 Å². The Bertz CT molecular complexity index is 505. The number of hydrogen-bond donors (Lipinski definition) is 2. The Morgan fingerprint density at radius 2 is 2.00 bits per heavy atom. The van der Waals surface area contributed by atoms with Crippen molar-refractivity contribution < 1.29 is 19.7 Å². The average Bonchev–Trinajstić information content (AvgIpc) is 3.14. The van der Waals surface area contributed by atoms with Gasteiger partial charge in [0, 0.05) is 0 Å². The van der Waals surface area contributed by atoms with E-state index in [0.717, 1.165) is 35.3 Å². The summed E-state index contributed by atoms with van der Waals surface area (Å²) in [6.45, 7) is 3.78. The highest BCUT2D eigenvalue weighted by Gasteiger charge is 2.47. The molecule has 104 valence electrons. The van der Waals surface area contributed by atoms with Crippen molar-refractivity contribution in [3.05, 3.63) is 28.8 Å². The minimum Gasteiger partial charge on any atom is -0.496 e. The third kappa shape index (κ3) is 2.59. The van der Waals surface area contributed by atoms with E-state index in [1.54, 1.807) is 7.11 Å². The molecular formula is C15H20O4. The number of aryl methyl sites for hydroxylation is 2. The lowest BCUT2D eigenvalue weighted by Gasteiger charge is -2.29. The van der Waals surface area contributed by atoms with Gasteiger partial charge < -0.3 is 14.9 Å². The molecule has 19 heavy (non-hydrogen) atoms. The first kappa shape index (κ1) is 13.9. The highest BCUT2D eigenvalue weighted by atomic mass is 16.5. The van der Waals surface area contributed by atoms with E-state index in [2.05, 4.69) is 0 Å². The van der Waals surface area contributed by atoms with E-state index in [-0.39, 0.29) is 12.3 Å². The molecule has 0 saturated heterocycles. The van der Waals surface area contributed by atoms with Crippen LogP contribution in [0, 0.1) is 19.8 Å². The summed E-state index contributed by atoms with van der Waals surface area (Å²) in [4.78, 5) is 11.1. The van der Waals surface area contributed by atoms with Crippen LogP contribution in [-0.2, 0) is 10.4 Å². The molecule has 1 aliphatic rings. The quantitative estimate of drug-likeness (QED) is 0.857. The minimum absolute atomic E-state index is 0.0510. The normalized spacial score (nSPS) is 17.9. The number of carboxylic acids is 1. The molecule has 1 saturated carbocycles. The number of ether oxygens (including phenoxy) is 1. The van der Waals surface area contributed by atoms with E-state index in [1.165, 1.54) is 0 Å². The molecule has 1 unspecified atom stereocenters. The number of carbonyl (C=O) groups is 1. The van der Waals surface area contributed by atoms with E-state index in [9.17, 15) is 9.90 Å². The Morgan fingerprint density at radius 3 is 2.47 bits per heavy atom. The molecule has 0 aromatic heterocycles. The van der Waals surface area contributed by atoms with Gasteiger partial charge in [-0.2, -0.15) is 0 Å². The number of rotatable bonds is 5. The van der Waals surface area contributed by atoms with Gasteiger partial charge >= 0.3 is 5.97 Å². The van der Waals surface area contributed by atoms with Gasteiger partial charge in [0.15, 0.2) is 0 Å². The number of carboxylic acid groups (broad SMARTS) is 1. The average molecular weight is 264 g/mol. The van der Waals surface area contributed by atoms with E-state index in [0.29, 0.717) is 0 Å².